The van der Waals surface area contributed by atoms with E-state index in [1.807, 2.05) is 158 Å². The van der Waals surface area contributed by atoms with Crippen LogP contribution >= 0.6 is 0 Å². The molecule has 2 amide bonds. The van der Waals surface area contributed by atoms with Gasteiger partial charge >= 0.3 is 85.5 Å². The maximum atomic E-state index is 15.6. The van der Waals surface area contributed by atoms with Crippen molar-refractivity contribution < 1.29 is 131 Å². The van der Waals surface area contributed by atoms with Crippen molar-refractivity contribution in [2.75, 3.05) is 13.1 Å². The quantitative estimate of drug-likeness (QED) is 0.0675. The van der Waals surface area contributed by atoms with E-state index in [1.165, 1.54) is 12.1 Å². The van der Waals surface area contributed by atoms with Gasteiger partial charge in [-0.05, 0) is 183 Å². The molecule has 19 nitrogen and oxygen atoms in total. The van der Waals surface area contributed by atoms with Gasteiger partial charge in [0.25, 0.3) is 6.47 Å². The summed E-state index contributed by atoms with van der Waals surface area (Å²) in [6.07, 6.45) is 5.93. The summed E-state index contributed by atoms with van der Waals surface area (Å²) in [6.45, 7) is 28.1. The molecule has 8 heterocycles. The van der Waals surface area contributed by atoms with Gasteiger partial charge in [-0.25, -0.2) is 28.3 Å². The average molecular weight is 1250 g/mol. The van der Waals surface area contributed by atoms with Crippen LogP contribution in [0.15, 0.2) is 106 Å². The number of rotatable bonds is 9. The Balaban J connectivity index is 0.000000251. The molecule has 4 fully saturated rings. The topological polar surface area (TPSA) is 229 Å². The van der Waals surface area contributed by atoms with E-state index < -0.39 is 59.5 Å². The van der Waals surface area contributed by atoms with E-state index in [1.54, 1.807) is 34.3 Å². The van der Waals surface area contributed by atoms with Gasteiger partial charge in [-0.1, -0.05) is 30.3 Å². The molecule has 25 heteroatoms. The van der Waals surface area contributed by atoms with Gasteiger partial charge < -0.3 is 58.5 Å². The Kier molecular flexibility index (Phi) is 21.0. The second-order valence-electron chi connectivity index (χ2n) is 26.6. The van der Waals surface area contributed by atoms with E-state index in [2.05, 4.69) is 24.8 Å². The summed E-state index contributed by atoms with van der Waals surface area (Å²) in [5.41, 5.74) is 3.50. The average Bonchev–Trinajstić information content (AvgIpc) is 1.71. The normalized spacial score (nSPS) is 18.9. The summed E-state index contributed by atoms with van der Waals surface area (Å²) >= 11 is 0. The molecule has 8 aromatic rings. The van der Waals surface area contributed by atoms with Crippen LogP contribution in [-0.4, -0.2) is 109 Å². The monoisotopic (exact) mass is 1250 g/mol. The second-order valence-corrected chi connectivity index (χ2v) is 26.6. The van der Waals surface area contributed by atoms with Gasteiger partial charge in [0.2, 0.25) is 0 Å². The van der Waals surface area contributed by atoms with Gasteiger partial charge in [0.05, 0.1) is 58.3 Å². The molecule has 0 saturated carbocycles. The molecule has 2 N–H and O–H groups in total. The Morgan fingerprint density at radius 2 is 1.04 bits per heavy atom. The number of hydrogen-bond acceptors (Lipinski definition) is 15. The van der Waals surface area contributed by atoms with Crippen LogP contribution < -0.4 is 75.3 Å². The number of furan rings is 2. The standard InChI is InChI=1S/C38H43FN6O5.C26H31B2FO5.CH2O3.2Na.H/c1-37(2,3)49-35(46)44-15-7-9-29(44)33-40-20-27(42-33)22-12-14-31-24(17-22)19-32(48-31)23-11-13-25(26(39)18-23)28-21-41-34(43-28)30-10-8-16-45(30)36(47)50-38(4,5)6;1-23(2)24(3,4)32-27(31-23)18-10-12-21-17(13-18)15-22(30-21)16-9-11-19(20(29)14-16)28-33-25(5,6)26(7,8)34-28;2-1-4-3;;;/h11-14,17-21,29-30H,7-10,15-16H2,1-6H3,(H,40,42)(H,41,43);9-15H,1-8H3;1,3H;;;/q;;;2*+1;-1/p-1/t29?,30-;;;;;/m0...../s1. The molecule has 466 valence electrons. The van der Waals surface area contributed by atoms with E-state index in [4.69, 9.17) is 47.0 Å². The first kappa shape index (κ1) is 70.1. The number of nitrogens with zero attached hydrogens (tertiary/aromatic N) is 4. The maximum absolute atomic E-state index is 15.6. The van der Waals surface area contributed by atoms with Crippen LogP contribution in [0.4, 0.5) is 18.4 Å². The largest absolute Gasteiger partial charge is 1.00 e. The van der Waals surface area contributed by atoms with Crippen LogP contribution in [0.3, 0.4) is 0 Å². The van der Waals surface area contributed by atoms with Crippen molar-refractivity contribution in [2.45, 2.75) is 168 Å². The maximum Gasteiger partial charge on any atom is 1.00 e. The van der Waals surface area contributed by atoms with Crippen LogP contribution in [-0.2, 0) is 37.8 Å². The third kappa shape index (κ3) is 15.1. The van der Waals surface area contributed by atoms with Crippen LogP contribution in [0, 0.1) is 11.6 Å². The molecular weight excluding hydrogens is 1180 g/mol. The number of halogens is 2. The number of ether oxygens (including phenoxy) is 2. The predicted octanol–water partition coefficient (Wildman–Crippen LogP) is 6.56. The third-order valence-electron chi connectivity index (χ3n) is 16.9. The predicted molar refractivity (Wildman–Crippen MR) is 328 cm³/mol. The number of carbonyl (C=O) groups excluding carboxylic acids is 3. The zero-order valence-corrected chi connectivity index (χ0v) is 58.2. The molecule has 4 aliphatic heterocycles. The fraction of sp³-hybridized carbons (Fsp3) is 0.431. The van der Waals surface area contributed by atoms with E-state index in [0.29, 0.717) is 69.4 Å². The molecule has 2 atom stereocenters. The molecular formula is C65H76B2F2N6Na2O13. The summed E-state index contributed by atoms with van der Waals surface area (Å²) in [6, 6.07) is 25.0. The summed E-state index contributed by atoms with van der Waals surface area (Å²) in [5, 5.41) is 10.2. The van der Waals surface area contributed by atoms with Crippen molar-refractivity contribution >= 4 is 65.8 Å². The fourth-order valence-electron chi connectivity index (χ4n) is 10.9. The number of hydrogen-bond donors (Lipinski definition) is 2. The number of H-pyrrole nitrogens is 2. The number of likely N-dealkylation sites (tertiary alicyclic amines) is 2. The first-order valence-corrected chi connectivity index (χ1v) is 29.5. The second kappa shape index (κ2) is 27.0. The van der Waals surface area contributed by atoms with Crippen molar-refractivity contribution in [1.82, 2.24) is 29.7 Å². The molecule has 0 aliphatic carbocycles. The molecule has 4 aliphatic rings. The summed E-state index contributed by atoms with van der Waals surface area (Å²) in [7, 11) is -1.21. The summed E-state index contributed by atoms with van der Waals surface area (Å²) in [5.74, 6) is 1.63. The van der Waals surface area contributed by atoms with Crippen molar-refractivity contribution in [3.05, 3.63) is 121 Å². The number of amides is 2. The van der Waals surface area contributed by atoms with Crippen molar-refractivity contribution in [3.63, 3.8) is 0 Å². The first-order chi connectivity index (χ1) is 41.3. The van der Waals surface area contributed by atoms with E-state index in [0.717, 1.165) is 59.0 Å². The SMILES string of the molecule is CC(C)(C)OC(=O)N1CCCC1c1ncc(-c2ccc3oc(-c4ccc(-c5cnc([C@@H]6CCCN6C(=O)OC(C)(C)C)[nH]5)c(F)c4)cc3c2)[nH]1.CC1(C)OB(c2ccc3oc(-c4ccc(B5OC(C)(C)C(C)(C)O5)c(F)c4)cc3c2)OC1(C)C.O=CO[O-].[H-].[Na+].[Na+]. The third-order valence-corrected chi connectivity index (χ3v) is 16.9. The van der Waals surface area contributed by atoms with Crippen LogP contribution in [0.5, 0.6) is 0 Å². The molecule has 4 saturated heterocycles. The zero-order valence-electron chi connectivity index (χ0n) is 55.2. The van der Waals surface area contributed by atoms with Gasteiger partial charge in [0.1, 0.15) is 57.2 Å². The number of aromatic amines is 2. The van der Waals surface area contributed by atoms with E-state index in [9.17, 15) is 9.59 Å². The fourth-order valence-corrected chi connectivity index (χ4v) is 10.9. The Morgan fingerprint density at radius 1 is 0.611 bits per heavy atom. The Hall–Kier alpha value is -5.82. The number of benzene rings is 4. The number of fused-ring (bicyclic) bond motifs is 2. The minimum Gasteiger partial charge on any atom is -1.00 e. The number of aromatic nitrogens is 4. The van der Waals surface area contributed by atoms with Gasteiger partial charge in [0.15, 0.2) is 0 Å². The molecule has 1 unspecified atom stereocenters. The molecule has 0 radical (unpaired) electrons. The van der Waals surface area contributed by atoms with E-state index >= 15 is 8.78 Å². The molecule has 90 heavy (non-hydrogen) atoms. The summed E-state index contributed by atoms with van der Waals surface area (Å²) < 4.78 is 78.5. The number of nitrogens with one attached hydrogen (secondary N) is 2. The number of carbonyl (C=O) groups is 3. The molecule has 4 aromatic heterocycles. The van der Waals surface area contributed by atoms with Gasteiger partial charge in [-0.15, -0.1) is 0 Å². The summed E-state index contributed by atoms with van der Waals surface area (Å²) in [4.78, 5) is 56.1. The minimum absolute atomic E-state index is 0. The van der Waals surface area contributed by atoms with Gasteiger partial charge in [-0.2, -0.15) is 0 Å². The van der Waals surface area contributed by atoms with Crippen LogP contribution in [0.1, 0.15) is 148 Å². The molecule has 12 rings (SSSR count). The Morgan fingerprint density at radius 3 is 1.52 bits per heavy atom. The van der Waals surface area contributed by atoms with Gasteiger partial charge in [0, 0.05) is 51.6 Å². The van der Waals surface area contributed by atoms with Crippen molar-refractivity contribution in [3.8, 4) is 45.2 Å². The molecule has 0 bridgehead atoms. The molecule has 4 aromatic carbocycles. The number of imidazole rings is 2. The minimum atomic E-state index is -0.753. The smallest absolute Gasteiger partial charge is 1.00 e. The first-order valence-electron chi connectivity index (χ1n) is 29.5. The zero-order chi connectivity index (χ0) is 63.5. The van der Waals surface area contributed by atoms with Crippen molar-refractivity contribution in [2.24, 2.45) is 0 Å². The van der Waals surface area contributed by atoms with Crippen LogP contribution in [0.2, 0.25) is 0 Å². The van der Waals surface area contributed by atoms with Gasteiger partial charge in [-0.3, -0.25) is 14.6 Å². The molecule has 0 spiro atoms. The van der Waals surface area contributed by atoms with Crippen LogP contribution in [0.25, 0.3) is 67.1 Å². The Labute approximate surface area is 569 Å². The van der Waals surface area contributed by atoms with E-state index in [-0.39, 0.29) is 91.3 Å². The Bertz CT molecular complexity index is 3870. The van der Waals surface area contributed by atoms with Crippen molar-refractivity contribution in [1.29, 1.82) is 0 Å².